The summed E-state index contributed by atoms with van der Waals surface area (Å²) in [5.41, 5.74) is 0.554. The molecule has 1 saturated heterocycles. The number of likely N-dealkylation sites (tertiary alicyclic amines) is 1. The number of carbonyl (C=O) groups excluding carboxylic acids is 7. The summed E-state index contributed by atoms with van der Waals surface area (Å²) in [6, 6.07) is 4.68. The summed E-state index contributed by atoms with van der Waals surface area (Å²) in [7, 11) is 3.12. The smallest absolute Gasteiger partial charge is 0.407 e. The lowest BCUT2D eigenvalue weighted by Gasteiger charge is -2.35. The molecule has 2 fully saturated rings. The topological polar surface area (TPSA) is 183 Å². The summed E-state index contributed by atoms with van der Waals surface area (Å²) in [5, 5.41) is 10.4. The van der Waals surface area contributed by atoms with Gasteiger partial charge < -0.3 is 35.8 Å². The van der Waals surface area contributed by atoms with Gasteiger partial charge in [-0.1, -0.05) is 83.7 Å². The molecule has 0 bridgehead atoms. The number of benzene rings is 1. The van der Waals surface area contributed by atoms with Crippen LogP contribution in [-0.4, -0.2) is 103 Å². The molecule has 5 atom stereocenters. The fourth-order valence-electron chi connectivity index (χ4n) is 6.66. The van der Waals surface area contributed by atoms with Crippen LogP contribution >= 0.6 is 0 Å². The first-order valence-electron chi connectivity index (χ1n) is 18.2. The van der Waals surface area contributed by atoms with Gasteiger partial charge in [0.05, 0.1) is 19.2 Å². The molecule has 0 aromatic heterocycles. The highest BCUT2D eigenvalue weighted by atomic mass is 16.5. The van der Waals surface area contributed by atoms with E-state index in [1.807, 2.05) is 20.8 Å². The van der Waals surface area contributed by atoms with Gasteiger partial charge in [0.15, 0.2) is 0 Å². The van der Waals surface area contributed by atoms with Crippen LogP contribution in [0.4, 0.5) is 4.79 Å². The van der Waals surface area contributed by atoms with Crippen molar-refractivity contribution in [1.29, 1.82) is 0 Å². The zero-order chi connectivity index (χ0) is 37.7. The van der Waals surface area contributed by atoms with Crippen LogP contribution in [0.15, 0.2) is 30.3 Å². The number of nitrogens with zero attached hydrogens (tertiary/aromatic N) is 2. The van der Waals surface area contributed by atoms with Gasteiger partial charge in [-0.15, -0.1) is 0 Å². The third kappa shape index (κ3) is 11.8. The Morgan fingerprint density at radius 2 is 1.59 bits per heavy atom. The summed E-state index contributed by atoms with van der Waals surface area (Å²) in [5.74, 6) is -4.20. The molecule has 6 amide bonds. The molecule has 14 heteroatoms. The summed E-state index contributed by atoms with van der Waals surface area (Å²) < 4.78 is 5.34. The lowest BCUT2D eigenvalue weighted by molar-refractivity contribution is -0.144. The molecular formula is C37H56N6O8. The van der Waals surface area contributed by atoms with E-state index in [0.29, 0.717) is 24.9 Å². The third-order valence-electron chi connectivity index (χ3n) is 9.43. The first kappa shape index (κ1) is 40.9. The molecule has 1 aromatic carbocycles. The van der Waals surface area contributed by atoms with E-state index < -0.39 is 60.3 Å². The van der Waals surface area contributed by atoms with Crippen molar-refractivity contribution in [3.63, 3.8) is 0 Å². The molecule has 1 aliphatic carbocycles. The third-order valence-corrected chi connectivity index (χ3v) is 9.43. The lowest BCUT2D eigenvalue weighted by atomic mass is 9.83. The maximum absolute atomic E-state index is 14.1. The quantitative estimate of drug-likeness (QED) is 0.189. The van der Waals surface area contributed by atoms with Gasteiger partial charge in [-0.2, -0.15) is 0 Å². The molecule has 2 aliphatic rings. The Morgan fingerprint density at radius 3 is 2.20 bits per heavy atom. The molecule has 1 aliphatic heterocycles. The minimum Gasteiger partial charge on any atom is -0.449 e. The second-order valence-corrected chi connectivity index (χ2v) is 14.3. The first-order chi connectivity index (χ1) is 24.2. The van der Waals surface area contributed by atoms with Gasteiger partial charge >= 0.3 is 6.09 Å². The van der Waals surface area contributed by atoms with Crippen molar-refractivity contribution in [2.24, 2.45) is 17.8 Å². The number of hydrogen-bond acceptors (Lipinski definition) is 8. The summed E-state index contributed by atoms with van der Waals surface area (Å²) in [6.45, 7) is 7.42. The van der Waals surface area contributed by atoms with E-state index in [4.69, 9.17) is 4.74 Å². The van der Waals surface area contributed by atoms with Gasteiger partial charge in [0.1, 0.15) is 18.1 Å². The monoisotopic (exact) mass is 712 g/mol. The van der Waals surface area contributed by atoms with Crippen LogP contribution in [0, 0.1) is 17.8 Å². The van der Waals surface area contributed by atoms with Crippen molar-refractivity contribution in [2.45, 2.75) is 103 Å². The van der Waals surface area contributed by atoms with Gasteiger partial charge in [-0.05, 0) is 49.0 Å². The van der Waals surface area contributed by atoms with Gasteiger partial charge in [0.2, 0.25) is 29.4 Å². The number of nitrogens with one attached hydrogen (secondary N) is 4. The molecule has 282 valence electrons. The number of carbonyl (C=O) groups is 7. The molecule has 14 nitrogen and oxygen atoms in total. The van der Waals surface area contributed by atoms with E-state index in [1.165, 1.54) is 9.80 Å². The molecular weight excluding hydrogens is 656 g/mol. The Labute approximate surface area is 301 Å². The zero-order valence-corrected chi connectivity index (χ0v) is 30.9. The maximum atomic E-state index is 14.1. The predicted molar refractivity (Wildman–Crippen MR) is 190 cm³/mol. The van der Waals surface area contributed by atoms with Crippen LogP contribution in [0.25, 0.3) is 0 Å². The molecule has 0 radical (unpaired) electrons. The first-order valence-corrected chi connectivity index (χ1v) is 18.2. The van der Waals surface area contributed by atoms with E-state index in [0.717, 1.165) is 32.1 Å². The zero-order valence-electron chi connectivity index (χ0n) is 30.9. The maximum Gasteiger partial charge on any atom is 0.407 e. The summed E-state index contributed by atoms with van der Waals surface area (Å²) in [4.78, 5) is 95.4. The van der Waals surface area contributed by atoms with E-state index in [1.54, 1.807) is 51.4 Å². The molecule has 3 rings (SSSR count). The van der Waals surface area contributed by atoms with Gasteiger partial charge in [-0.25, -0.2) is 4.79 Å². The Hall–Kier alpha value is -4.49. The van der Waals surface area contributed by atoms with Crippen LogP contribution in [0.2, 0.25) is 0 Å². The number of hydrogen-bond donors (Lipinski definition) is 4. The Morgan fingerprint density at radius 1 is 0.922 bits per heavy atom. The van der Waals surface area contributed by atoms with Crippen molar-refractivity contribution in [1.82, 2.24) is 31.1 Å². The van der Waals surface area contributed by atoms with Crippen molar-refractivity contribution in [3.05, 3.63) is 35.9 Å². The molecule has 1 aromatic rings. The van der Waals surface area contributed by atoms with Crippen LogP contribution in [0.3, 0.4) is 0 Å². The average Bonchev–Trinajstić information content (AvgIpc) is 3.51. The van der Waals surface area contributed by atoms with Crippen LogP contribution in [0.5, 0.6) is 0 Å². The Kier molecular flexibility index (Phi) is 15.9. The predicted octanol–water partition coefficient (Wildman–Crippen LogP) is 2.47. The normalized spacial score (nSPS) is 19.3. The van der Waals surface area contributed by atoms with E-state index >= 15 is 0 Å². The number of ether oxygens (including phenoxy) is 1. The molecule has 4 N–H and O–H groups in total. The summed E-state index contributed by atoms with van der Waals surface area (Å²) >= 11 is 0. The highest BCUT2D eigenvalue weighted by Crippen LogP contribution is 2.31. The SMILES string of the molecule is CCCC(NC(=O)[C@@H]1[C@@H](C)CCN1C(=O)[C@@H](NC(=O)OCC(C)C)C1CCCCC1)C(=O)C(=O)NCC(=O)NC(C(=O)N(C)C)c1ccccc1. The van der Waals surface area contributed by atoms with Crippen molar-refractivity contribution in [3.8, 4) is 0 Å². The number of likely N-dealkylation sites (N-methyl/N-ethyl adjacent to an activating group) is 1. The van der Waals surface area contributed by atoms with E-state index in [2.05, 4.69) is 21.3 Å². The molecule has 1 saturated carbocycles. The number of rotatable bonds is 16. The van der Waals surface area contributed by atoms with Gasteiger partial charge in [-0.3, -0.25) is 28.8 Å². The molecule has 2 unspecified atom stereocenters. The number of amides is 6. The Balaban J connectivity index is 1.68. The minimum atomic E-state index is -1.19. The number of ketones is 1. The Bertz CT molecular complexity index is 1380. The standard InChI is InChI=1S/C37H56N6O8/c1-7-14-27(32(45)34(47)38-21-28(44)40-29(35(48)42(5)6)25-15-10-8-11-16-25)39-33(46)31-24(4)19-20-43(31)36(49)30(26-17-12-9-13-18-26)41-37(50)51-22-23(2)3/h8,10-11,15-16,23-24,26-27,29-31H,7,9,12-14,17-22H2,1-6H3,(H,38,47)(H,39,46)(H,40,44)(H,41,50)/t24-,27?,29?,30-,31-/m0/s1. The van der Waals surface area contributed by atoms with Crippen molar-refractivity contribution >= 4 is 41.4 Å². The second kappa shape index (κ2) is 19.8. The van der Waals surface area contributed by atoms with Gasteiger partial charge in [0.25, 0.3) is 5.91 Å². The average molecular weight is 713 g/mol. The van der Waals surface area contributed by atoms with Crippen LogP contribution < -0.4 is 21.3 Å². The van der Waals surface area contributed by atoms with Crippen LogP contribution in [-0.2, 0) is 33.5 Å². The van der Waals surface area contributed by atoms with Gasteiger partial charge in [0, 0.05) is 20.6 Å². The van der Waals surface area contributed by atoms with E-state index in [9.17, 15) is 33.6 Å². The summed E-state index contributed by atoms with van der Waals surface area (Å²) in [6.07, 6.45) is 4.94. The number of Topliss-reactive ketones (excluding diaryl/α,β-unsaturated/α-hetero) is 1. The van der Waals surface area contributed by atoms with E-state index in [-0.39, 0.29) is 42.6 Å². The lowest BCUT2D eigenvalue weighted by Crippen LogP contribution is -2.59. The van der Waals surface area contributed by atoms with Crippen molar-refractivity contribution in [2.75, 3.05) is 33.8 Å². The largest absolute Gasteiger partial charge is 0.449 e. The highest BCUT2D eigenvalue weighted by Gasteiger charge is 2.45. The minimum absolute atomic E-state index is 0.100. The molecule has 1 heterocycles. The second-order valence-electron chi connectivity index (χ2n) is 14.3. The van der Waals surface area contributed by atoms with Crippen LogP contribution in [0.1, 0.15) is 90.7 Å². The molecule has 0 spiro atoms. The fraction of sp³-hybridized carbons (Fsp3) is 0.649. The highest BCUT2D eigenvalue weighted by molar-refractivity contribution is 6.38. The number of alkyl carbamates (subject to hydrolysis) is 1. The molecule has 51 heavy (non-hydrogen) atoms. The van der Waals surface area contributed by atoms with Crippen molar-refractivity contribution < 1.29 is 38.3 Å². The fourth-order valence-corrected chi connectivity index (χ4v) is 6.66.